The van der Waals surface area contributed by atoms with Gasteiger partial charge in [-0.2, -0.15) is 5.10 Å². The zero-order chi connectivity index (χ0) is 24.7. The highest BCUT2D eigenvalue weighted by Crippen LogP contribution is 2.57. The first-order valence-electron chi connectivity index (χ1n) is 12.2. The third-order valence-electron chi connectivity index (χ3n) is 7.21. The summed E-state index contributed by atoms with van der Waals surface area (Å²) in [7, 11) is 0. The molecule has 188 valence electrons. The van der Waals surface area contributed by atoms with Gasteiger partial charge in [-0.1, -0.05) is 33.8 Å². The van der Waals surface area contributed by atoms with E-state index in [1.807, 2.05) is 33.8 Å². The Labute approximate surface area is 201 Å². The van der Waals surface area contributed by atoms with E-state index in [1.54, 1.807) is 6.20 Å². The van der Waals surface area contributed by atoms with E-state index in [4.69, 9.17) is 15.2 Å². The van der Waals surface area contributed by atoms with Crippen molar-refractivity contribution in [2.75, 3.05) is 13.2 Å². The molecular formula is C25H38N4O5. The highest BCUT2D eigenvalue weighted by molar-refractivity contribution is 5.97. The molecular weight excluding hydrogens is 436 g/mol. The molecule has 4 fully saturated rings. The van der Waals surface area contributed by atoms with E-state index in [-0.39, 0.29) is 24.0 Å². The number of amides is 2. The van der Waals surface area contributed by atoms with Crippen LogP contribution in [0.3, 0.4) is 0 Å². The van der Waals surface area contributed by atoms with Crippen LogP contribution in [0.15, 0.2) is 12.3 Å². The largest absolute Gasteiger partial charge is 0.477 e. The minimum Gasteiger partial charge on any atom is -0.477 e. The molecule has 4 aliphatic carbocycles. The third-order valence-corrected chi connectivity index (χ3v) is 7.21. The van der Waals surface area contributed by atoms with Crippen LogP contribution in [0, 0.1) is 23.2 Å². The van der Waals surface area contributed by atoms with Gasteiger partial charge in [0.2, 0.25) is 5.88 Å². The molecule has 0 aliphatic heterocycles. The summed E-state index contributed by atoms with van der Waals surface area (Å²) in [6.45, 7) is 8.42. The number of nitrogens with zero attached hydrogens (tertiary/aromatic N) is 2. The second kappa shape index (κ2) is 8.91. The van der Waals surface area contributed by atoms with Crippen molar-refractivity contribution < 1.29 is 24.2 Å². The highest BCUT2D eigenvalue weighted by Gasteiger charge is 2.57. The van der Waals surface area contributed by atoms with Gasteiger partial charge in [0.25, 0.3) is 5.91 Å². The zero-order valence-electron chi connectivity index (χ0n) is 20.7. The molecule has 2 unspecified atom stereocenters. The van der Waals surface area contributed by atoms with Crippen molar-refractivity contribution in [1.82, 2.24) is 15.1 Å². The number of rotatable bonds is 9. The molecule has 34 heavy (non-hydrogen) atoms. The first-order chi connectivity index (χ1) is 15.9. The molecule has 1 aromatic rings. The number of carbonyl (C=O) groups excluding carboxylic acids is 2. The molecule has 4 saturated carbocycles. The molecule has 2 amide bonds. The minimum atomic E-state index is -0.824. The number of hydrogen-bond acceptors (Lipinski definition) is 6. The van der Waals surface area contributed by atoms with Crippen LogP contribution < -0.4 is 15.8 Å². The highest BCUT2D eigenvalue weighted by atomic mass is 16.5. The summed E-state index contributed by atoms with van der Waals surface area (Å²) in [5.74, 6) is 1.36. The van der Waals surface area contributed by atoms with Crippen LogP contribution in [0.4, 0.5) is 4.79 Å². The smallest absolute Gasteiger partial charge is 0.404 e. The number of ether oxygens (including phenoxy) is 2. The SMILES string of the molecule is CC(C)COc1c(C(=O)N[C@]23CC4CC(C[C@@](O)(C4)C2)C3)cnn1/C=C/C(C)(C)COC(N)=O. The van der Waals surface area contributed by atoms with Gasteiger partial charge in [0, 0.05) is 17.2 Å². The molecule has 0 saturated heterocycles. The lowest BCUT2D eigenvalue weighted by Gasteiger charge is -2.60. The average molecular weight is 475 g/mol. The second-order valence-electron chi connectivity index (χ2n) is 11.8. The van der Waals surface area contributed by atoms with E-state index in [2.05, 4.69) is 10.4 Å². The minimum absolute atomic E-state index is 0.114. The Kier molecular flexibility index (Phi) is 6.44. The van der Waals surface area contributed by atoms with Gasteiger partial charge in [-0.15, -0.1) is 0 Å². The summed E-state index contributed by atoms with van der Waals surface area (Å²) in [5.41, 5.74) is 3.95. The fourth-order valence-electron chi connectivity index (χ4n) is 6.25. The fourth-order valence-corrected chi connectivity index (χ4v) is 6.25. The van der Waals surface area contributed by atoms with Crippen molar-refractivity contribution in [3.8, 4) is 5.88 Å². The molecule has 1 heterocycles. The van der Waals surface area contributed by atoms with E-state index in [1.165, 1.54) is 10.9 Å². The van der Waals surface area contributed by atoms with Gasteiger partial charge in [-0.05, 0) is 56.3 Å². The third kappa shape index (κ3) is 5.40. The summed E-state index contributed by atoms with van der Waals surface area (Å²) < 4.78 is 12.5. The van der Waals surface area contributed by atoms with E-state index in [9.17, 15) is 14.7 Å². The molecule has 0 radical (unpaired) electrons. The fraction of sp³-hybridized carbons (Fsp3) is 0.720. The van der Waals surface area contributed by atoms with Crippen LogP contribution in [0.2, 0.25) is 0 Å². The second-order valence-corrected chi connectivity index (χ2v) is 11.8. The predicted octanol–water partition coefficient (Wildman–Crippen LogP) is 3.32. The van der Waals surface area contributed by atoms with Crippen LogP contribution in [-0.2, 0) is 4.74 Å². The van der Waals surface area contributed by atoms with Crippen molar-refractivity contribution in [2.24, 2.45) is 28.9 Å². The standard InChI is InChI=1S/C25H38N4O5/c1-16(2)13-33-21-19(12-27-29(21)6-5-23(3,4)15-34-22(26)31)20(30)28-24-8-17-7-18(9-24)11-25(32,10-17)14-24/h5-6,12,16-18,32H,7-11,13-15H2,1-4H3,(H2,26,31)(H,28,30)/b6-5+/t17?,18?,24-,25-. The Balaban J connectivity index is 1.54. The van der Waals surface area contributed by atoms with Gasteiger partial charge in [-0.3, -0.25) is 4.79 Å². The van der Waals surface area contributed by atoms with Gasteiger partial charge in [0.1, 0.15) is 12.2 Å². The summed E-state index contributed by atoms with van der Waals surface area (Å²) in [6, 6.07) is 0. The lowest BCUT2D eigenvalue weighted by molar-refractivity contribution is -0.139. The Morgan fingerprint density at radius 2 is 2.00 bits per heavy atom. The number of nitrogens with two attached hydrogens (primary N) is 1. The molecule has 4 N–H and O–H groups in total. The first-order valence-corrected chi connectivity index (χ1v) is 12.2. The maximum atomic E-state index is 13.5. The van der Waals surface area contributed by atoms with Crippen LogP contribution >= 0.6 is 0 Å². The van der Waals surface area contributed by atoms with Gasteiger partial charge in [0.15, 0.2) is 0 Å². The summed E-state index contributed by atoms with van der Waals surface area (Å²) in [4.78, 5) is 24.4. The van der Waals surface area contributed by atoms with Crippen LogP contribution in [0.1, 0.15) is 76.6 Å². The quantitative estimate of drug-likeness (QED) is 0.504. The topological polar surface area (TPSA) is 129 Å². The maximum Gasteiger partial charge on any atom is 0.404 e. The Morgan fingerprint density at radius 1 is 1.32 bits per heavy atom. The van der Waals surface area contributed by atoms with Gasteiger partial charge >= 0.3 is 6.09 Å². The Morgan fingerprint density at radius 3 is 2.59 bits per heavy atom. The van der Waals surface area contributed by atoms with E-state index < -0.39 is 17.1 Å². The molecule has 4 bridgehead atoms. The average Bonchev–Trinajstić information content (AvgIpc) is 3.10. The van der Waals surface area contributed by atoms with Crippen molar-refractivity contribution in [3.05, 3.63) is 17.8 Å². The molecule has 9 heteroatoms. The number of nitrogens with one attached hydrogen (secondary N) is 1. The summed E-state index contributed by atoms with van der Waals surface area (Å²) in [5, 5.41) is 18.7. The number of hydrogen-bond donors (Lipinski definition) is 3. The van der Waals surface area contributed by atoms with Crippen LogP contribution in [-0.4, -0.2) is 51.2 Å². The van der Waals surface area contributed by atoms with Crippen molar-refractivity contribution in [2.45, 2.75) is 77.4 Å². The van der Waals surface area contributed by atoms with Crippen molar-refractivity contribution >= 4 is 18.2 Å². The molecule has 5 rings (SSSR count). The molecule has 1 aromatic heterocycles. The maximum absolute atomic E-state index is 13.5. The normalized spacial score (nSPS) is 30.2. The predicted molar refractivity (Wildman–Crippen MR) is 127 cm³/mol. The van der Waals surface area contributed by atoms with E-state index >= 15 is 0 Å². The molecule has 9 nitrogen and oxygen atoms in total. The monoisotopic (exact) mass is 474 g/mol. The zero-order valence-corrected chi connectivity index (χ0v) is 20.7. The van der Waals surface area contributed by atoms with E-state index in [0.717, 1.165) is 32.1 Å². The van der Waals surface area contributed by atoms with Gasteiger partial charge < -0.3 is 25.6 Å². The molecule has 2 atom stereocenters. The Bertz CT molecular complexity index is 953. The Hall–Kier alpha value is -2.55. The number of primary amides is 1. The first kappa shape index (κ1) is 24.6. The van der Waals surface area contributed by atoms with Gasteiger partial charge in [-0.25, -0.2) is 9.48 Å². The lowest BCUT2D eigenvalue weighted by atomic mass is 9.51. The lowest BCUT2D eigenvalue weighted by Crippen LogP contribution is -2.65. The number of aromatic nitrogens is 2. The number of aliphatic hydroxyl groups is 1. The van der Waals surface area contributed by atoms with Gasteiger partial charge in [0.05, 0.1) is 18.4 Å². The summed E-state index contributed by atoms with van der Waals surface area (Å²) in [6.07, 6.45) is 9.55. The molecule has 4 aliphatic rings. The van der Waals surface area contributed by atoms with Crippen LogP contribution in [0.25, 0.3) is 6.20 Å². The number of carbonyl (C=O) groups is 2. The van der Waals surface area contributed by atoms with Crippen LogP contribution in [0.5, 0.6) is 5.88 Å². The van der Waals surface area contributed by atoms with Crippen molar-refractivity contribution in [3.63, 3.8) is 0 Å². The summed E-state index contributed by atoms with van der Waals surface area (Å²) >= 11 is 0. The van der Waals surface area contributed by atoms with E-state index in [0.29, 0.717) is 36.3 Å². The molecule has 0 aromatic carbocycles. The van der Waals surface area contributed by atoms with Crippen molar-refractivity contribution in [1.29, 1.82) is 0 Å². The molecule has 0 spiro atoms.